The summed E-state index contributed by atoms with van der Waals surface area (Å²) < 4.78 is 3.53. The summed E-state index contributed by atoms with van der Waals surface area (Å²) in [7, 11) is 0. The molecule has 2 aromatic heterocycles. The Labute approximate surface area is 98.6 Å². The molecule has 3 rings (SSSR count). The number of rotatable bonds is 1. The average molecular weight is 224 g/mol. The molecule has 0 atom stereocenters. The zero-order valence-corrected chi connectivity index (χ0v) is 9.50. The third-order valence-electron chi connectivity index (χ3n) is 2.95. The maximum Gasteiger partial charge on any atom is 0.279 e. The first kappa shape index (κ1) is 9.90. The zero-order chi connectivity index (χ0) is 11.8. The Balaban J connectivity index is 2.36. The van der Waals surface area contributed by atoms with Gasteiger partial charge in [-0.1, -0.05) is 18.2 Å². The largest absolute Gasteiger partial charge is 0.317 e. The summed E-state index contributed by atoms with van der Waals surface area (Å²) in [6.07, 6.45) is 5.60. The maximum atomic E-state index is 12.4. The van der Waals surface area contributed by atoms with Gasteiger partial charge in [0.1, 0.15) is 5.52 Å². The van der Waals surface area contributed by atoms with E-state index >= 15 is 0 Å². The lowest BCUT2D eigenvalue weighted by Crippen LogP contribution is -2.19. The van der Waals surface area contributed by atoms with Crippen molar-refractivity contribution < 1.29 is 0 Å². The summed E-state index contributed by atoms with van der Waals surface area (Å²) in [4.78, 5) is 12.4. The number of nitrogens with zero attached hydrogens (tertiary/aromatic N) is 2. The molecule has 3 heteroatoms. The van der Waals surface area contributed by atoms with Gasteiger partial charge in [-0.15, -0.1) is 0 Å². The molecule has 0 radical (unpaired) electrons. The second-order valence-corrected chi connectivity index (χ2v) is 4.06. The van der Waals surface area contributed by atoms with E-state index in [2.05, 4.69) is 0 Å². The summed E-state index contributed by atoms with van der Waals surface area (Å²) in [6.45, 7) is 1.95. The van der Waals surface area contributed by atoms with Crippen molar-refractivity contribution in [3.8, 4) is 5.69 Å². The minimum atomic E-state index is 0.0150. The number of hydrogen-bond acceptors (Lipinski definition) is 1. The van der Waals surface area contributed by atoms with Gasteiger partial charge in [0.25, 0.3) is 5.56 Å². The van der Waals surface area contributed by atoms with Gasteiger partial charge in [0, 0.05) is 24.3 Å². The third-order valence-corrected chi connectivity index (χ3v) is 2.95. The van der Waals surface area contributed by atoms with Crippen LogP contribution in [0.2, 0.25) is 0 Å². The zero-order valence-electron chi connectivity index (χ0n) is 9.50. The SMILES string of the molecule is Cc1ccn2ccn(-c3ccccc3)c(=O)c12. The molecule has 0 fully saturated rings. The van der Waals surface area contributed by atoms with Gasteiger partial charge in [0.05, 0.1) is 0 Å². The van der Waals surface area contributed by atoms with Crippen LogP contribution in [0.4, 0.5) is 0 Å². The Morgan fingerprint density at radius 1 is 0.941 bits per heavy atom. The average Bonchev–Trinajstić information content (AvgIpc) is 2.73. The van der Waals surface area contributed by atoms with E-state index in [1.807, 2.05) is 60.1 Å². The van der Waals surface area contributed by atoms with Gasteiger partial charge in [-0.25, -0.2) is 0 Å². The predicted molar refractivity (Wildman–Crippen MR) is 67.7 cm³/mol. The molecule has 0 bridgehead atoms. The molecule has 0 aliphatic carbocycles. The molecule has 3 aromatic rings. The Morgan fingerprint density at radius 2 is 1.71 bits per heavy atom. The van der Waals surface area contributed by atoms with Crippen molar-refractivity contribution in [2.24, 2.45) is 0 Å². The van der Waals surface area contributed by atoms with Crippen LogP contribution in [0.3, 0.4) is 0 Å². The van der Waals surface area contributed by atoms with Crippen molar-refractivity contribution in [1.82, 2.24) is 8.97 Å². The smallest absolute Gasteiger partial charge is 0.279 e. The molecule has 0 N–H and O–H groups in total. The quantitative estimate of drug-likeness (QED) is 0.623. The monoisotopic (exact) mass is 224 g/mol. The molecule has 84 valence electrons. The van der Waals surface area contributed by atoms with Gasteiger partial charge >= 0.3 is 0 Å². The third kappa shape index (κ3) is 1.47. The highest BCUT2D eigenvalue weighted by atomic mass is 16.1. The summed E-state index contributed by atoms with van der Waals surface area (Å²) in [5, 5.41) is 0. The first-order valence-electron chi connectivity index (χ1n) is 5.52. The molecule has 0 saturated heterocycles. The topological polar surface area (TPSA) is 26.4 Å². The summed E-state index contributed by atoms with van der Waals surface area (Å²) in [6, 6.07) is 11.6. The summed E-state index contributed by atoms with van der Waals surface area (Å²) >= 11 is 0. The van der Waals surface area contributed by atoms with Crippen LogP contribution >= 0.6 is 0 Å². The van der Waals surface area contributed by atoms with Crippen LogP contribution in [0.1, 0.15) is 5.56 Å². The Morgan fingerprint density at radius 3 is 2.47 bits per heavy atom. The fourth-order valence-electron chi connectivity index (χ4n) is 2.06. The highest BCUT2D eigenvalue weighted by Gasteiger charge is 2.06. The van der Waals surface area contributed by atoms with Crippen molar-refractivity contribution >= 4 is 5.52 Å². The highest BCUT2D eigenvalue weighted by molar-refractivity contribution is 5.54. The molecule has 0 spiro atoms. The number of aryl methyl sites for hydroxylation is 1. The van der Waals surface area contributed by atoms with Crippen molar-refractivity contribution in [3.05, 3.63) is 70.9 Å². The van der Waals surface area contributed by atoms with Gasteiger partial charge < -0.3 is 4.40 Å². The van der Waals surface area contributed by atoms with E-state index in [-0.39, 0.29) is 5.56 Å². The van der Waals surface area contributed by atoms with Crippen molar-refractivity contribution in [3.63, 3.8) is 0 Å². The molecule has 17 heavy (non-hydrogen) atoms. The van der Waals surface area contributed by atoms with E-state index in [9.17, 15) is 4.79 Å². The van der Waals surface area contributed by atoms with Gasteiger partial charge in [0.2, 0.25) is 0 Å². The maximum absolute atomic E-state index is 12.4. The van der Waals surface area contributed by atoms with E-state index in [0.29, 0.717) is 0 Å². The van der Waals surface area contributed by atoms with Crippen LogP contribution in [0.25, 0.3) is 11.2 Å². The molecule has 0 amide bonds. The molecular weight excluding hydrogens is 212 g/mol. The van der Waals surface area contributed by atoms with Gasteiger partial charge in [-0.05, 0) is 30.7 Å². The van der Waals surface area contributed by atoms with Crippen LogP contribution in [0.5, 0.6) is 0 Å². The number of hydrogen-bond donors (Lipinski definition) is 0. The van der Waals surface area contributed by atoms with E-state index in [1.54, 1.807) is 10.8 Å². The fourth-order valence-corrected chi connectivity index (χ4v) is 2.06. The van der Waals surface area contributed by atoms with Crippen LogP contribution < -0.4 is 5.56 Å². The number of aromatic nitrogens is 2. The molecular formula is C14H12N2O. The number of fused-ring (bicyclic) bond motifs is 1. The van der Waals surface area contributed by atoms with Gasteiger partial charge in [-0.3, -0.25) is 9.36 Å². The Hall–Kier alpha value is -2.29. The highest BCUT2D eigenvalue weighted by Crippen LogP contribution is 2.09. The fraction of sp³-hybridized carbons (Fsp3) is 0.0714. The second-order valence-electron chi connectivity index (χ2n) is 4.06. The normalized spacial score (nSPS) is 10.9. The van der Waals surface area contributed by atoms with Crippen molar-refractivity contribution in [2.75, 3.05) is 0 Å². The standard InChI is InChI=1S/C14H12N2O/c1-11-7-8-15-9-10-16(14(17)13(11)15)12-5-3-2-4-6-12/h2-10H,1H3. The minimum Gasteiger partial charge on any atom is -0.317 e. The first-order chi connectivity index (χ1) is 8.27. The van der Waals surface area contributed by atoms with Crippen LogP contribution in [-0.2, 0) is 0 Å². The lowest BCUT2D eigenvalue weighted by atomic mass is 10.3. The first-order valence-corrected chi connectivity index (χ1v) is 5.52. The van der Waals surface area contributed by atoms with E-state index < -0.39 is 0 Å². The Bertz CT molecular complexity index is 723. The van der Waals surface area contributed by atoms with Crippen molar-refractivity contribution in [2.45, 2.75) is 6.92 Å². The van der Waals surface area contributed by atoms with Crippen LogP contribution in [0.15, 0.2) is 59.8 Å². The molecule has 1 aromatic carbocycles. The molecule has 0 unspecified atom stereocenters. The Kier molecular flexibility index (Phi) is 2.11. The van der Waals surface area contributed by atoms with Crippen molar-refractivity contribution in [1.29, 1.82) is 0 Å². The van der Waals surface area contributed by atoms with E-state index in [4.69, 9.17) is 0 Å². The molecule has 0 saturated carbocycles. The van der Waals surface area contributed by atoms with Crippen LogP contribution in [0, 0.1) is 6.92 Å². The minimum absolute atomic E-state index is 0.0150. The number of benzene rings is 1. The van der Waals surface area contributed by atoms with E-state index in [0.717, 1.165) is 16.8 Å². The lowest BCUT2D eigenvalue weighted by molar-refractivity contribution is 0.956. The van der Waals surface area contributed by atoms with Gasteiger partial charge in [-0.2, -0.15) is 0 Å². The lowest BCUT2D eigenvalue weighted by Gasteiger charge is -2.06. The molecule has 0 aliphatic rings. The second kappa shape index (κ2) is 3.63. The van der Waals surface area contributed by atoms with Gasteiger partial charge in [0.15, 0.2) is 0 Å². The molecule has 0 aliphatic heterocycles. The summed E-state index contributed by atoms with van der Waals surface area (Å²) in [5.74, 6) is 0. The number of para-hydroxylation sites is 1. The van der Waals surface area contributed by atoms with Crippen LogP contribution in [-0.4, -0.2) is 8.97 Å². The van der Waals surface area contributed by atoms with E-state index in [1.165, 1.54) is 0 Å². The predicted octanol–water partition coefficient (Wildman–Crippen LogP) is 2.40. The summed E-state index contributed by atoms with van der Waals surface area (Å²) in [5.41, 5.74) is 2.64. The molecule has 3 nitrogen and oxygen atoms in total. The molecule has 2 heterocycles.